The third-order valence-electron chi connectivity index (χ3n) is 2.46. The molecule has 1 aromatic heterocycles. The number of thioether (sulfide) groups is 1. The molecule has 1 saturated heterocycles. The van der Waals surface area contributed by atoms with E-state index in [0.29, 0.717) is 15.0 Å². The van der Waals surface area contributed by atoms with Crippen molar-refractivity contribution in [2.24, 2.45) is 0 Å². The molecule has 100 valence electrons. The fourth-order valence-electron chi connectivity index (χ4n) is 1.50. The number of furan rings is 1. The lowest BCUT2D eigenvalue weighted by Gasteiger charge is -2.12. The van der Waals surface area contributed by atoms with E-state index in [1.165, 1.54) is 30.0 Å². The second-order valence-electron chi connectivity index (χ2n) is 3.67. The van der Waals surface area contributed by atoms with Gasteiger partial charge in [-0.25, -0.2) is 0 Å². The van der Waals surface area contributed by atoms with E-state index in [2.05, 4.69) is 4.74 Å². The number of methoxy groups -OCH3 is 1. The zero-order valence-electron chi connectivity index (χ0n) is 10.1. The summed E-state index contributed by atoms with van der Waals surface area (Å²) < 4.78 is 10.1. The lowest BCUT2D eigenvalue weighted by molar-refractivity contribution is -0.140. The summed E-state index contributed by atoms with van der Waals surface area (Å²) in [7, 11) is 1.31. The smallest absolute Gasteiger partial charge is 0.307 e. The summed E-state index contributed by atoms with van der Waals surface area (Å²) in [6.07, 6.45) is 3.29. The molecular formula is C12H11NO4S2. The van der Waals surface area contributed by atoms with Gasteiger partial charge in [0.1, 0.15) is 10.1 Å². The van der Waals surface area contributed by atoms with Gasteiger partial charge in [-0.1, -0.05) is 24.0 Å². The SMILES string of the molecule is COC(=O)CCN1C(=O)/C(=C/c2ccco2)SC1=S. The van der Waals surface area contributed by atoms with Crippen molar-refractivity contribution in [2.45, 2.75) is 6.42 Å². The Kier molecular flexibility index (Phi) is 4.39. The number of hydrogen-bond acceptors (Lipinski definition) is 6. The van der Waals surface area contributed by atoms with Crippen molar-refractivity contribution in [3.05, 3.63) is 29.1 Å². The maximum atomic E-state index is 12.1. The van der Waals surface area contributed by atoms with Gasteiger partial charge in [-0.15, -0.1) is 0 Å². The van der Waals surface area contributed by atoms with Crippen LogP contribution in [0.25, 0.3) is 6.08 Å². The van der Waals surface area contributed by atoms with E-state index >= 15 is 0 Å². The molecular weight excluding hydrogens is 286 g/mol. The normalized spacial score (nSPS) is 17.3. The summed E-state index contributed by atoms with van der Waals surface area (Å²) in [5.41, 5.74) is 0. The van der Waals surface area contributed by atoms with Crippen LogP contribution in [0.2, 0.25) is 0 Å². The molecule has 1 aromatic rings. The van der Waals surface area contributed by atoms with Gasteiger partial charge < -0.3 is 9.15 Å². The quantitative estimate of drug-likeness (QED) is 0.481. The molecule has 1 fully saturated rings. The summed E-state index contributed by atoms with van der Waals surface area (Å²) in [6.45, 7) is 0.229. The third kappa shape index (κ3) is 3.24. The second-order valence-corrected chi connectivity index (χ2v) is 5.35. The van der Waals surface area contributed by atoms with E-state index in [1.807, 2.05) is 0 Å². The Labute approximate surface area is 119 Å². The number of carbonyl (C=O) groups excluding carboxylic acids is 2. The number of amides is 1. The predicted molar refractivity (Wildman–Crippen MR) is 75.2 cm³/mol. The molecule has 1 aliphatic rings. The van der Waals surface area contributed by atoms with E-state index in [-0.39, 0.29) is 24.8 Å². The van der Waals surface area contributed by atoms with E-state index in [4.69, 9.17) is 16.6 Å². The Bertz CT molecular complexity index is 536. The minimum atomic E-state index is -0.371. The molecule has 5 nitrogen and oxygen atoms in total. The highest BCUT2D eigenvalue weighted by Gasteiger charge is 2.32. The molecule has 0 N–H and O–H groups in total. The van der Waals surface area contributed by atoms with Gasteiger partial charge >= 0.3 is 5.97 Å². The fourth-order valence-corrected chi connectivity index (χ4v) is 2.79. The van der Waals surface area contributed by atoms with Gasteiger partial charge in [0.15, 0.2) is 0 Å². The Hall–Kier alpha value is -1.60. The topological polar surface area (TPSA) is 59.8 Å². The molecule has 0 spiro atoms. The van der Waals surface area contributed by atoms with Gasteiger partial charge in [0, 0.05) is 12.6 Å². The number of carbonyl (C=O) groups is 2. The van der Waals surface area contributed by atoms with E-state index in [9.17, 15) is 9.59 Å². The maximum Gasteiger partial charge on any atom is 0.307 e. The Morgan fingerprint density at radius 3 is 3.05 bits per heavy atom. The second kappa shape index (κ2) is 6.03. The van der Waals surface area contributed by atoms with Crippen LogP contribution >= 0.6 is 24.0 Å². The molecule has 1 amide bonds. The lowest BCUT2D eigenvalue weighted by Crippen LogP contribution is -2.30. The van der Waals surface area contributed by atoms with Crippen LogP contribution in [0.5, 0.6) is 0 Å². The van der Waals surface area contributed by atoms with Gasteiger partial charge in [-0.3, -0.25) is 14.5 Å². The Morgan fingerprint density at radius 2 is 2.42 bits per heavy atom. The monoisotopic (exact) mass is 297 g/mol. The molecule has 0 radical (unpaired) electrons. The number of hydrogen-bond donors (Lipinski definition) is 0. The number of esters is 1. The molecule has 19 heavy (non-hydrogen) atoms. The maximum absolute atomic E-state index is 12.1. The molecule has 0 saturated carbocycles. The van der Waals surface area contributed by atoms with Crippen LogP contribution in [0, 0.1) is 0 Å². The summed E-state index contributed by atoms with van der Waals surface area (Å²) in [4.78, 5) is 25.1. The third-order valence-corrected chi connectivity index (χ3v) is 3.84. The number of ether oxygens (including phenoxy) is 1. The zero-order valence-corrected chi connectivity index (χ0v) is 11.8. The van der Waals surface area contributed by atoms with Gasteiger partial charge in [0.25, 0.3) is 5.91 Å². The minimum absolute atomic E-state index is 0.122. The molecule has 1 aliphatic heterocycles. The van der Waals surface area contributed by atoms with Crippen LogP contribution in [0.1, 0.15) is 12.2 Å². The number of rotatable bonds is 4. The molecule has 0 aromatic carbocycles. The van der Waals surface area contributed by atoms with Crippen LogP contribution < -0.4 is 0 Å². The predicted octanol–water partition coefficient (Wildman–Crippen LogP) is 2.04. The van der Waals surface area contributed by atoms with Crippen molar-refractivity contribution in [2.75, 3.05) is 13.7 Å². The molecule has 2 rings (SSSR count). The highest BCUT2D eigenvalue weighted by Crippen LogP contribution is 2.32. The Morgan fingerprint density at radius 1 is 1.63 bits per heavy atom. The first-order chi connectivity index (χ1) is 9.11. The van der Waals surface area contributed by atoms with Crippen LogP contribution in [0.4, 0.5) is 0 Å². The first-order valence-electron chi connectivity index (χ1n) is 5.47. The molecule has 0 atom stereocenters. The molecule has 0 aliphatic carbocycles. The van der Waals surface area contributed by atoms with Crippen molar-refractivity contribution in [3.8, 4) is 0 Å². The average molecular weight is 297 g/mol. The number of thiocarbonyl (C=S) groups is 1. The molecule has 0 bridgehead atoms. The van der Waals surface area contributed by atoms with E-state index < -0.39 is 0 Å². The highest BCUT2D eigenvalue weighted by molar-refractivity contribution is 8.26. The van der Waals surface area contributed by atoms with Crippen molar-refractivity contribution < 1.29 is 18.7 Å². The van der Waals surface area contributed by atoms with Gasteiger partial charge in [-0.05, 0) is 12.1 Å². The zero-order chi connectivity index (χ0) is 13.8. The van der Waals surface area contributed by atoms with Crippen LogP contribution in [-0.4, -0.2) is 34.8 Å². The van der Waals surface area contributed by atoms with Gasteiger partial charge in [0.05, 0.1) is 24.7 Å². The summed E-state index contributed by atoms with van der Waals surface area (Å²) in [5.74, 6) is 0.00725. The lowest BCUT2D eigenvalue weighted by atomic mass is 10.3. The van der Waals surface area contributed by atoms with Crippen LogP contribution in [0.15, 0.2) is 27.7 Å². The first-order valence-corrected chi connectivity index (χ1v) is 6.70. The van der Waals surface area contributed by atoms with Crippen molar-refractivity contribution in [3.63, 3.8) is 0 Å². The Balaban J connectivity index is 2.06. The largest absolute Gasteiger partial charge is 0.469 e. The molecule has 2 heterocycles. The average Bonchev–Trinajstić information content (AvgIpc) is 2.98. The molecule has 7 heteroatoms. The van der Waals surface area contributed by atoms with Gasteiger partial charge in [0.2, 0.25) is 0 Å². The summed E-state index contributed by atoms with van der Waals surface area (Å²) >= 11 is 6.32. The number of nitrogens with zero attached hydrogens (tertiary/aromatic N) is 1. The first kappa shape index (κ1) is 13.8. The van der Waals surface area contributed by atoms with Crippen LogP contribution in [-0.2, 0) is 14.3 Å². The fraction of sp³-hybridized carbons (Fsp3) is 0.250. The minimum Gasteiger partial charge on any atom is -0.469 e. The van der Waals surface area contributed by atoms with E-state index in [0.717, 1.165) is 0 Å². The standard InChI is InChI=1S/C12H11NO4S2/c1-16-10(14)4-5-13-11(15)9(19-12(13)18)7-8-3-2-6-17-8/h2-3,6-7H,4-5H2,1H3/b9-7-. The highest BCUT2D eigenvalue weighted by atomic mass is 32.2. The van der Waals surface area contributed by atoms with Crippen molar-refractivity contribution in [1.82, 2.24) is 4.90 Å². The summed E-state index contributed by atoms with van der Waals surface area (Å²) in [6, 6.07) is 3.49. The van der Waals surface area contributed by atoms with Crippen molar-refractivity contribution >= 4 is 46.3 Å². The van der Waals surface area contributed by atoms with Crippen LogP contribution in [0.3, 0.4) is 0 Å². The summed E-state index contributed by atoms with van der Waals surface area (Å²) in [5, 5.41) is 0. The van der Waals surface area contributed by atoms with Gasteiger partial charge in [-0.2, -0.15) is 0 Å². The van der Waals surface area contributed by atoms with Crippen molar-refractivity contribution in [1.29, 1.82) is 0 Å². The van der Waals surface area contributed by atoms with E-state index in [1.54, 1.807) is 18.2 Å². The molecule has 0 unspecified atom stereocenters.